The standard InChI is InChI=1S/C22H30F4N6O/c23-16-9-14(13-32-5-7-33-8-6-32)10-18(11-16)30-20-29-12-19(22(24,25)26)21(28,31-20)15-1-3-17(27)4-2-15/h9-12,15,17H,1-8,13,27-28H2,(H2,29,30,31). The van der Waals surface area contributed by atoms with Crippen LogP contribution in [0.3, 0.4) is 0 Å². The fourth-order valence-corrected chi connectivity index (χ4v) is 4.77. The van der Waals surface area contributed by atoms with Crippen LogP contribution in [0.4, 0.5) is 23.2 Å². The zero-order chi connectivity index (χ0) is 23.6. The van der Waals surface area contributed by atoms with Crippen molar-refractivity contribution < 1.29 is 22.3 Å². The highest BCUT2D eigenvalue weighted by molar-refractivity contribution is 5.95. The number of halogens is 4. The summed E-state index contributed by atoms with van der Waals surface area (Å²) in [6.07, 6.45) is -1.73. The summed E-state index contributed by atoms with van der Waals surface area (Å²) in [7, 11) is 0. The zero-order valence-corrected chi connectivity index (χ0v) is 18.3. The molecule has 7 nitrogen and oxygen atoms in total. The van der Waals surface area contributed by atoms with E-state index in [0.717, 1.165) is 24.9 Å². The van der Waals surface area contributed by atoms with Gasteiger partial charge in [-0.3, -0.25) is 4.90 Å². The van der Waals surface area contributed by atoms with Crippen molar-refractivity contribution in [2.45, 2.75) is 50.1 Å². The Kier molecular flexibility index (Phi) is 6.94. The topological polar surface area (TPSA) is 101 Å². The Labute approximate surface area is 190 Å². The average Bonchev–Trinajstić information content (AvgIpc) is 2.73. The number of rotatable bonds is 4. The highest BCUT2D eigenvalue weighted by Crippen LogP contribution is 2.41. The summed E-state index contributed by atoms with van der Waals surface area (Å²) < 4.78 is 61.0. The van der Waals surface area contributed by atoms with E-state index in [4.69, 9.17) is 16.2 Å². The number of nitrogens with zero attached hydrogens (tertiary/aromatic N) is 2. The van der Waals surface area contributed by atoms with E-state index in [1.165, 1.54) is 12.1 Å². The minimum Gasteiger partial charge on any atom is -0.379 e. The van der Waals surface area contributed by atoms with Crippen LogP contribution < -0.4 is 22.1 Å². The highest BCUT2D eigenvalue weighted by atomic mass is 19.4. The van der Waals surface area contributed by atoms with Crippen molar-refractivity contribution in [1.82, 2.24) is 10.2 Å². The second-order valence-corrected chi connectivity index (χ2v) is 8.99. The molecule has 182 valence electrons. The van der Waals surface area contributed by atoms with Gasteiger partial charge in [0.2, 0.25) is 5.96 Å². The molecule has 2 fully saturated rings. The van der Waals surface area contributed by atoms with Gasteiger partial charge in [0.25, 0.3) is 0 Å². The van der Waals surface area contributed by atoms with Crippen LogP contribution in [0.25, 0.3) is 0 Å². The summed E-state index contributed by atoms with van der Waals surface area (Å²) in [5.74, 6) is -0.878. The molecule has 0 spiro atoms. The number of anilines is 1. The molecule has 0 amide bonds. The molecule has 1 aromatic carbocycles. The summed E-state index contributed by atoms with van der Waals surface area (Å²) in [6.45, 7) is 3.29. The summed E-state index contributed by atoms with van der Waals surface area (Å²) in [5, 5.41) is 5.69. The molecule has 3 aliphatic rings. The number of hydrogen-bond donors (Lipinski definition) is 4. The lowest BCUT2D eigenvalue weighted by Crippen LogP contribution is -2.67. The molecule has 6 N–H and O–H groups in total. The molecular weight excluding hydrogens is 440 g/mol. The molecule has 2 aliphatic heterocycles. The summed E-state index contributed by atoms with van der Waals surface area (Å²) in [5.41, 5.74) is 10.7. The number of ether oxygens (including phenoxy) is 1. The fourth-order valence-electron chi connectivity index (χ4n) is 4.77. The van der Waals surface area contributed by atoms with Gasteiger partial charge in [-0.05, 0) is 55.4 Å². The van der Waals surface area contributed by atoms with Gasteiger partial charge < -0.3 is 26.8 Å². The molecule has 33 heavy (non-hydrogen) atoms. The normalized spacial score (nSPS) is 29.2. The Morgan fingerprint density at radius 3 is 2.52 bits per heavy atom. The van der Waals surface area contributed by atoms with Gasteiger partial charge in [0.15, 0.2) is 0 Å². The highest BCUT2D eigenvalue weighted by Gasteiger charge is 2.52. The van der Waals surface area contributed by atoms with Crippen molar-refractivity contribution in [3.8, 4) is 0 Å². The summed E-state index contributed by atoms with van der Waals surface area (Å²) >= 11 is 0. The van der Waals surface area contributed by atoms with E-state index in [0.29, 0.717) is 51.1 Å². The number of aliphatic imine (C=N–C) groups is 1. The second-order valence-electron chi connectivity index (χ2n) is 8.99. The van der Waals surface area contributed by atoms with Crippen molar-refractivity contribution in [2.75, 3.05) is 31.6 Å². The Morgan fingerprint density at radius 1 is 1.15 bits per heavy atom. The van der Waals surface area contributed by atoms with E-state index >= 15 is 0 Å². The molecule has 11 heteroatoms. The lowest BCUT2D eigenvalue weighted by atomic mass is 9.75. The molecule has 2 heterocycles. The maximum Gasteiger partial charge on any atom is 0.417 e. The number of nitrogens with two attached hydrogens (primary N) is 2. The van der Waals surface area contributed by atoms with Crippen molar-refractivity contribution in [1.29, 1.82) is 0 Å². The predicted molar refractivity (Wildman–Crippen MR) is 118 cm³/mol. The summed E-state index contributed by atoms with van der Waals surface area (Å²) in [6, 6.07) is 4.43. The molecule has 0 bridgehead atoms. The minimum absolute atomic E-state index is 0.0322. The zero-order valence-electron chi connectivity index (χ0n) is 18.3. The van der Waals surface area contributed by atoms with Crippen molar-refractivity contribution in [3.05, 3.63) is 41.4 Å². The van der Waals surface area contributed by atoms with Crippen LogP contribution in [0, 0.1) is 11.7 Å². The van der Waals surface area contributed by atoms with Crippen LogP contribution >= 0.6 is 0 Å². The van der Waals surface area contributed by atoms with Gasteiger partial charge >= 0.3 is 6.18 Å². The Bertz CT molecular complexity index is 907. The molecule has 0 radical (unpaired) electrons. The summed E-state index contributed by atoms with van der Waals surface area (Å²) in [4.78, 5) is 6.06. The van der Waals surface area contributed by atoms with Gasteiger partial charge in [-0.1, -0.05) is 0 Å². The van der Waals surface area contributed by atoms with E-state index in [-0.39, 0.29) is 12.0 Å². The quantitative estimate of drug-likeness (QED) is 0.505. The van der Waals surface area contributed by atoms with Gasteiger partial charge in [0.1, 0.15) is 11.5 Å². The van der Waals surface area contributed by atoms with Crippen LogP contribution in [0.1, 0.15) is 31.2 Å². The van der Waals surface area contributed by atoms with Crippen LogP contribution in [0.2, 0.25) is 0 Å². The molecule has 1 saturated carbocycles. The lowest BCUT2D eigenvalue weighted by Gasteiger charge is -2.45. The maximum absolute atomic E-state index is 14.3. The Balaban J connectivity index is 1.54. The molecule has 1 aromatic rings. The first kappa shape index (κ1) is 23.9. The van der Waals surface area contributed by atoms with Gasteiger partial charge in [0, 0.05) is 37.6 Å². The lowest BCUT2D eigenvalue weighted by molar-refractivity contribution is -0.106. The van der Waals surface area contributed by atoms with E-state index < -0.39 is 29.1 Å². The van der Waals surface area contributed by atoms with Gasteiger partial charge in [-0.2, -0.15) is 13.2 Å². The largest absolute Gasteiger partial charge is 0.417 e. The molecular formula is C22H30F4N6O. The van der Waals surface area contributed by atoms with Crippen LogP contribution in [-0.4, -0.2) is 55.0 Å². The average molecular weight is 471 g/mol. The number of guanidine groups is 1. The van der Waals surface area contributed by atoms with E-state index in [1.54, 1.807) is 6.07 Å². The van der Waals surface area contributed by atoms with Gasteiger partial charge in [-0.15, -0.1) is 0 Å². The van der Waals surface area contributed by atoms with Crippen LogP contribution in [0.15, 0.2) is 35.0 Å². The van der Waals surface area contributed by atoms with E-state index in [2.05, 4.69) is 20.5 Å². The van der Waals surface area contributed by atoms with Crippen molar-refractivity contribution in [3.63, 3.8) is 0 Å². The number of benzene rings is 1. The molecule has 1 atom stereocenters. The number of morpholine rings is 1. The third-order valence-corrected chi connectivity index (χ3v) is 6.55. The van der Waals surface area contributed by atoms with E-state index in [9.17, 15) is 17.6 Å². The predicted octanol–water partition coefficient (Wildman–Crippen LogP) is 2.65. The Hall–Kier alpha value is -2.21. The first-order chi connectivity index (χ1) is 15.6. The molecule has 1 aliphatic carbocycles. The van der Waals surface area contributed by atoms with Crippen molar-refractivity contribution >= 4 is 11.6 Å². The third kappa shape index (κ3) is 5.65. The first-order valence-corrected chi connectivity index (χ1v) is 11.2. The maximum atomic E-state index is 14.3. The first-order valence-electron chi connectivity index (χ1n) is 11.2. The molecule has 0 aromatic heterocycles. The smallest absolute Gasteiger partial charge is 0.379 e. The Morgan fingerprint density at radius 2 is 1.85 bits per heavy atom. The van der Waals surface area contributed by atoms with Gasteiger partial charge in [-0.25, -0.2) is 9.38 Å². The number of alkyl halides is 3. The number of nitrogens with one attached hydrogen (secondary N) is 2. The number of hydrogen-bond acceptors (Lipinski definition) is 7. The van der Waals surface area contributed by atoms with E-state index in [1.807, 2.05) is 0 Å². The third-order valence-electron chi connectivity index (χ3n) is 6.55. The SMILES string of the molecule is NC1CCC(C2(N)NC(Nc3cc(F)cc(CN4CCOCC4)c3)=NC=C2C(F)(F)F)CC1. The molecule has 4 rings (SSSR count). The molecule has 1 unspecified atom stereocenters. The van der Waals surface area contributed by atoms with Crippen molar-refractivity contribution in [2.24, 2.45) is 22.4 Å². The van der Waals surface area contributed by atoms with Gasteiger partial charge in [0.05, 0.1) is 18.8 Å². The minimum atomic E-state index is -4.64. The van der Waals surface area contributed by atoms with Crippen LogP contribution in [-0.2, 0) is 11.3 Å². The second kappa shape index (κ2) is 9.57. The monoisotopic (exact) mass is 470 g/mol. The fraction of sp³-hybridized carbons (Fsp3) is 0.591. The van der Waals surface area contributed by atoms with Crippen LogP contribution in [0.5, 0.6) is 0 Å². The molecule has 1 saturated heterocycles.